The maximum atomic E-state index is 12.9. The molecule has 1 amide bonds. The molecule has 0 heterocycles. The number of benzene rings is 2. The van der Waals surface area contributed by atoms with Crippen LogP contribution in [0.3, 0.4) is 0 Å². The van der Waals surface area contributed by atoms with Gasteiger partial charge in [-0.3, -0.25) is 4.79 Å². The average Bonchev–Trinajstić information content (AvgIpc) is 2.65. The van der Waals surface area contributed by atoms with Gasteiger partial charge in [0.1, 0.15) is 0 Å². The van der Waals surface area contributed by atoms with Crippen LogP contribution in [-0.2, 0) is 27.4 Å². The van der Waals surface area contributed by atoms with Crippen LogP contribution in [0.2, 0.25) is 0 Å². The Balaban J connectivity index is 2.30. The minimum atomic E-state index is -4.49. The molecule has 30 heavy (non-hydrogen) atoms. The van der Waals surface area contributed by atoms with Crippen LogP contribution >= 0.6 is 0 Å². The summed E-state index contributed by atoms with van der Waals surface area (Å²) in [5.41, 5.74) is 1.07. The van der Waals surface area contributed by atoms with Gasteiger partial charge in [-0.15, -0.1) is 0 Å². The molecular weight excluding hydrogens is 417 g/mol. The Labute approximate surface area is 175 Å². The molecule has 0 atom stereocenters. The third kappa shape index (κ3) is 5.40. The van der Waals surface area contributed by atoms with Crippen molar-refractivity contribution >= 4 is 21.6 Å². The van der Waals surface area contributed by atoms with Crippen LogP contribution in [0.4, 0.5) is 18.9 Å². The molecule has 0 spiro atoms. The van der Waals surface area contributed by atoms with Gasteiger partial charge >= 0.3 is 6.18 Å². The number of aryl methyl sites for hydroxylation is 1. The second-order valence-corrected chi connectivity index (χ2v) is 8.86. The van der Waals surface area contributed by atoms with Gasteiger partial charge in [0.15, 0.2) is 0 Å². The molecule has 0 radical (unpaired) electrons. The van der Waals surface area contributed by atoms with Gasteiger partial charge in [-0.2, -0.15) is 17.5 Å². The molecule has 0 bridgehead atoms. The van der Waals surface area contributed by atoms with E-state index in [1.54, 1.807) is 33.8 Å². The summed E-state index contributed by atoms with van der Waals surface area (Å²) in [6.07, 6.45) is -4.76. The summed E-state index contributed by atoms with van der Waals surface area (Å²) < 4.78 is 65.6. The number of hydrogen-bond acceptors (Lipinski definition) is 3. The molecule has 1 N–H and O–H groups in total. The number of rotatable bonds is 7. The minimum Gasteiger partial charge on any atom is -0.326 e. The third-order valence-electron chi connectivity index (χ3n) is 4.88. The standard InChI is InChI=1S/C21H25F3N2O3S/c1-5-26(6-2)30(28,29)18-10-14(3)15(4)19(13-18)25-20(27)12-16-8-7-9-17(11-16)21(22,23)24/h7-11,13H,5-6,12H2,1-4H3,(H,25,27). The molecule has 2 rings (SSSR count). The van der Waals surface area contributed by atoms with Crippen LogP contribution in [-0.4, -0.2) is 31.7 Å². The van der Waals surface area contributed by atoms with Crippen LogP contribution in [0, 0.1) is 13.8 Å². The van der Waals surface area contributed by atoms with E-state index in [9.17, 15) is 26.4 Å². The van der Waals surface area contributed by atoms with E-state index in [4.69, 9.17) is 0 Å². The van der Waals surface area contributed by atoms with E-state index < -0.39 is 27.7 Å². The average molecular weight is 443 g/mol. The molecule has 0 aliphatic heterocycles. The van der Waals surface area contributed by atoms with Crippen molar-refractivity contribution in [3.8, 4) is 0 Å². The summed E-state index contributed by atoms with van der Waals surface area (Å²) in [5.74, 6) is -0.533. The van der Waals surface area contributed by atoms with Crippen molar-refractivity contribution in [1.29, 1.82) is 0 Å². The fourth-order valence-electron chi connectivity index (χ4n) is 3.06. The summed E-state index contributed by atoms with van der Waals surface area (Å²) in [4.78, 5) is 12.5. The van der Waals surface area contributed by atoms with E-state index in [-0.39, 0.29) is 16.9 Å². The molecule has 0 unspecified atom stereocenters. The van der Waals surface area contributed by atoms with E-state index in [0.717, 1.165) is 12.1 Å². The van der Waals surface area contributed by atoms with Crippen LogP contribution in [0.1, 0.15) is 36.1 Å². The van der Waals surface area contributed by atoms with E-state index in [0.29, 0.717) is 29.9 Å². The molecule has 0 aliphatic rings. The number of nitrogens with one attached hydrogen (secondary N) is 1. The van der Waals surface area contributed by atoms with Crippen LogP contribution in [0.5, 0.6) is 0 Å². The van der Waals surface area contributed by atoms with Crippen molar-refractivity contribution in [1.82, 2.24) is 4.31 Å². The second-order valence-electron chi connectivity index (χ2n) is 6.93. The molecule has 0 saturated carbocycles. The smallest absolute Gasteiger partial charge is 0.326 e. The number of sulfonamides is 1. The second kappa shape index (κ2) is 9.18. The molecule has 0 saturated heterocycles. The highest BCUT2D eigenvalue weighted by Crippen LogP contribution is 2.30. The number of alkyl halides is 3. The summed E-state index contributed by atoms with van der Waals surface area (Å²) in [6.45, 7) is 7.56. The molecule has 2 aromatic rings. The van der Waals surface area contributed by atoms with Gasteiger partial charge in [0, 0.05) is 18.8 Å². The summed E-state index contributed by atoms with van der Waals surface area (Å²) >= 11 is 0. The maximum absolute atomic E-state index is 12.9. The lowest BCUT2D eigenvalue weighted by molar-refractivity contribution is -0.137. The fourth-order valence-corrected chi connectivity index (χ4v) is 4.63. The first-order valence-corrected chi connectivity index (χ1v) is 10.9. The van der Waals surface area contributed by atoms with Crippen molar-refractivity contribution in [3.63, 3.8) is 0 Å². The first-order chi connectivity index (χ1) is 13.9. The van der Waals surface area contributed by atoms with Gasteiger partial charge in [0.25, 0.3) is 0 Å². The number of carbonyl (C=O) groups excluding carboxylic acids is 1. The number of hydrogen-bond donors (Lipinski definition) is 1. The monoisotopic (exact) mass is 442 g/mol. The molecule has 0 aromatic heterocycles. The largest absolute Gasteiger partial charge is 0.416 e. The van der Waals surface area contributed by atoms with Crippen LogP contribution < -0.4 is 5.32 Å². The Morgan fingerprint density at radius 1 is 1.07 bits per heavy atom. The van der Waals surface area contributed by atoms with E-state index in [1.807, 2.05) is 0 Å². The molecular formula is C21H25F3N2O3S. The zero-order valence-corrected chi connectivity index (χ0v) is 18.1. The van der Waals surface area contributed by atoms with Crippen molar-refractivity contribution in [2.75, 3.05) is 18.4 Å². The number of anilines is 1. The molecule has 0 aliphatic carbocycles. The van der Waals surface area contributed by atoms with Gasteiger partial charge in [0.05, 0.1) is 16.9 Å². The summed E-state index contributed by atoms with van der Waals surface area (Å²) in [5, 5.41) is 2.64. The molecule has 164 valence electrons. The topological polar surface area (TPSA) is 66.5 Å². The predicted octanol–water partition coefficient (Wildman–Crippen LogP) is 4.53. The number of amides is 1. The zero-order chi connectivity index (χ0) is 22.7. The third-order valence-corrected chi connectivity index (χ3v) is 6.90. The van der Waals surface area contributed by atoms with E-state index in [1.165, 1.54) is 22.5 Å². The molecule has 0 fully saturated rings. The first-order valence-electron chi connectivity index (χ1n) is 9.47. The lowest BCUT2D eigenvalue weighted by Crippen LogP contribution is -2.30. The van der Waals surface area contributed by atoms with Gasteiger partial charge in [-0.25, -0.2) is 8.42 Å². The SMILES string of the molecule is CCN(CC)S(=O)(=O)c1cc(C)c(C)c(NC(=O)Cc2cccc(C(F)(F)F)c2)c1. The number of halogens is 3. The Hall–Kier alpha value is -2.39. The van der Waals surface area contributed by atoms with Crippen molar-refractivity contribution in [2.45, 2.75) is 45.2 Å². The number of nitrogens with zero attached hydrogens (tertiary/aromatic N) is 1. The van der Waals surface area contributed by atoms with Crippen molar-refractivity contribution in [2.24, 2.45) is 0 Å². The molecule has 2 aromatic carbocycles. The molecule has 9 heteroatoms. The van der Waals surface area contributed by atoms with E-state index in [2.05, 4.69) is 5.32 Å². The maximum Gasteiger partial charge on any atom is 0.416 e. The lowest BCUT2D eigenvalue weighted by atomic mass is 10.1. The summed E-state index contributed by atoms with van der Waals surface area (Å²) in [7, 11) is -3.72. The Morgan fingerprint density at radius 2 is 1.70 bits per heavy atom. The van der Waals surface area contributed by atoms with Crippen molar-refractivity contribution < 1.29 is 26.4 Å². The first kappa shape index (κ1) is 23.9. The molecule has 5 nitrogen and oxygen atoms in total. The highest BCUT2D eigenvalue weighted by atomic mass is 32.2. The van der Waals surface area contributed by atoms with Crippen LogP contribution in [0.25, 0.3) is 0 Å². The Bertz CT molecular complexity index is 1030. The van der Waals surface area contributed by atoms with E-state index >= 15 is 0 Å². The highest BCUT2D eigenvalue weighted by Gasteiger charge is 2.30. The minimum absolute atomic E-state index is 0.0590. The zero-order valence-electron chi connectivity index (χ0n) is 17.3. The predicted molar refractivity (Wildman–Crippen MR) is 110 cm³/mol. The lowest BCUT2D eigenvalue weighted by Gasteiger charge is -2.20. The summed E-state index contributed by atoms with van der Waals surface area (Å²) in [6, 6.07) is 7.49. The Morgan fingerprint density at radius 3 is 2.27 bits per heavy atom. The van der Waals surface area contributed by atoms with Crippen molar-refractivity contribution in [3.05, 3.63) is 58.7 Å². The number of carbonyl (C=O) groups is 1. The van der Waals surface area contributed by atoms with Gasteiger partial charge in [-0.05, 0) is 48.7 Å². The fraction of sp³-hybridized carbons (Fsp3) is 0.381. The van der Waals surface area contributed by atoms with Crippen LogP contribution in [0.15, 0.2) is 41.3 Å². The normalized spacial score (nSPS) is 12.3. The quantitative estimate of drug-likeness (QED) is 0.685. The highest BCUT2D eigenvalue weighted by molar-refractivity contribution is 7.89. The van der Waals surface area contributed by atoms with Gasteiger partial charge in [-0.1, -0.05) is 32.0 Å². The van der Waals surface area contributed by atoms with Gasteiger partial charge < -0.3 is 5.32 Å². The Kier molecular flexibility index (Phi) is 7.31. The van der Waals surface area contributed by atoms with Gasteiger partial charge in [0.2, 0.25) is 15.9 Å².